The van der Waals surface area contributed by atoms with E-state index in [0.717, 1.165) is 6.42 Å². The molecule has 0 atom stereocenters. The maximum absolute atomic E-state index is 12.2. The molecule has 0 unspecified atom stereocenters. The summed E-state index contributed by atoms with van der Waals surface area (Å²) >= 11 is 0. The van der Waals surface area contributed by atoms with E-state index in [4.69, 9.17) is 47.9 Å². The molecule has 306 valence electrons. The molecule has 0 saturated carbocycles. The fourth-order valence-corrected chi connectivity index (χ4v) is 6.21. The van der Waals surface area contributed by atoms with Crippen molar-refractivity contribution in [3.05, 3.63) is 44.5 Å². The van der Waals surface area contributed by atoms with Gasteiger partial charge in [-0.2, -0.15) is 0 Å². The molecule has 20 nitrogen and oxygen atoms in total. The number of anilines is 4. The number of nitro groups is 2. The fraction of sp³-hybridized carbons (Fsp3) is 0.714. The average Bonchev–Trinajstić information content (AvgIpc) is 3.46. The van der Waals surface area contributed by atoms with Crippen LogP contribution in [-0.2, 0) is 37.9 Å². The molecule has 5 rings (SSSR count). The molecular weight excluding hydrogens is 724 g/mol. The molecule has 0 N–H and O–H groups in total. The van der Waals surface area contributed by atoms with Crippen LogP contribution >= 0.6 is 0 Å². The highest BCUT2D eigenvalue weighted by molar-refractivity contribution is 5.64. The Bertz CT molecular complexity index is 1320. The lowest BCUT2D eigenvalue weighted by Gasteiger charge is -2.27. The maximum atomic E-state index is 12.2. The van der Waals surface area contributed by atoms with Gasteiger partial charge in [-0.25, -0.2) is 9.97 Å². The molecule has 3 saturated heterocycles. The van der Waals surface area contributed by atoms with Crippen molar-refractivity contribution in [2.24, 2.45) is 0 Å². The normalized spacial score (nSPS) is 20.7. The summed E-state index contributed by atoms with van der Waals surface area (Å²) < 4.78 is 45.1. The Morgan fingerprint density at radius 2 is 0.691 bits per heavy atom. The van der Waals surface area contributed by atoms with Crippen LogP contribution in [0.15, 0.2) is 24.3 Å². The van der Waals surface area contributed by atoms with E-state index in [0.29, 0.717) is 170 Å². The first-order valence-electron chi connectivity index (χ1n) is 18.9. The highest BCUT2D eigenvalue weighted by Gasteiger charge is 2.27. The zero-order valence-electron chi connectivity index (χ0n) is 31.5. The molecule has 2 aromatic heterocycles. The fourth-order valence-electron chi connectivity index (χ4n) is 6.21. The maximum Gasteiger partial charge on any atom is 0.311 e. The van der Waals surface area contributed by atoms with Crippen molar-refractivity contribution in [2.45, 2.75) is 6.42 Å². The predicted octanol–water partition coefficient (Wildman–Crippen LogP) is 1.78. The van der Waals surface area contributed by atoms with Gasteiger partial charge in [0.2, 0.25) is 11.6 Å². The minimum absolute atomic E-state index is 0.104. The van der Waals surface area contributed by atoms with Gasteiger partial charge in [-0.1, -0.05) is 0 Å². The van der Waals surface area contributed by atoms with E-state index in [2.05, 4.69) is 9.80 Å². The Kier molecular flexibility index (Phi) is 18.2. The van der Waals surface area contributed by atoms with Crippen molar-refractivity contribution in [1.29, 1.82) is 0 Å². The number of pyridine rings is 2. The van der Waals surface area contributed by atoms with E-state index in [-0.39, 0.29) is 23.0 Å². The van der Waals surface area contributed by atoms with Crippen LogP contribution < -0.4 is 19.6 Å². The molecule has 3 fully saturated rings. The quantitative estimate of drug-likeness (QED) is 0.303. The van der Waals surface area contributed by atoms with Gasteiger partial charge in [-0.3, -0.25) is 20.2 Å². The topological polar surface area (TPSA) is 199 Å². The van der Waals surface area contributed by atoms with Gasteiger partial charge in [0.15, 0.2) is 0 Å². The van der Waals surface area contributed by atoms with Gasteiger partial charge < -0.3 is 57.5 Å². The monoisotopic (exact) mass is 778 g/mol. The summed E-state index contributed by atoms with van der Waals surface area (Å²) in [6, 6.07) is 6.36. The molecule has 0 aliphatic carbocycles. The van der Waals surface area contributed by atoms with Gasteiger partial charge in [0.25, 0.3) is 0 Å². The van der Waals surface area contributed by atoms with Crippen LogP contribution in [0.4, 0.5) is 34.6 Å². The number of rotatable bonds is 6. The number of hydrogen-bond acceptors (Lipinski definition) is 18. The van der Waals surface area contributed by atoms with Crippen LogP contribution in [0.1, 0.15) is 6.42 Å². The van der Waals surface area contributed by atoms with Gasteiger partial charge in [-0.15, -0.1) is 0 Å². The Morgan fingerprint density at radius 3 is 0.982 bits per heavy atom. The summed E-state index contributed by atoms with van der Waals surface area (Å²) in [5.41, 5.74) is -0.207. The van der Waals surface area contributed by atoms with Crippen LogP contribution in [-0.4, -0.2) is 178 Å². The minimum atomic E-state index is -0.420. The summed E-state index contributed by atoms with van der Waals surface area (Å²) in [5.74, 6) is 1.71. The molecule has 3 aliphatic rings. The van der Waals surface area contributed by atoms with Gasteiger partial charge in [0.05, 0.1) is 116 Å². The lowest BCUT2D eigenvalue weighted by molar-refractivity contribution is -0.384. The van der Waals surface area contributed by atoms with Crippen molar-refractivity contribution < 1.29 is 47.7 Å². The SMILES string of the molecule is O=[N+]([O-])c1ccc(N2CCCN(c3ccc([N+](=O)[O-])c(N4CCOCCOCCOCCOCC4)n3)CC2)nc1N1CCOCCOCCOCCOCC1. The first-order valence-corrected chi connectivity index (χ1v) is 18.9. The molecule has 0 amide bonds. The Morgan fingerprint density at radius 1 is 0.400 bits per heavy atom. The van der Waals surface area contributed by atoms with Crippen LogP contribution in [0.25, 0.3) is 0 Å². The summed E-state index contributed by atoms with van der Waals surface area (Å²) in [6.07, 6.45) is 0.729. The molecular formula is C35H54N8O12. The lowest BCUT2D eigenvalue weighted by Crippen LogP contribution is -2.35. The standard InChI is InChI=1S/C35H54N8O12/c44-42(45)30-2-4-32(36-34(30)40-10-14-48-18-22-52-26-27-53-23-19-49-15-11-40)38-6-1-7-39(9-8-38)33-5-3-31(43(46)47)35(37-33)41-12-16-50-20-24-54-28-29-55-25-21-51-17-13-41/h2-5H,1,6-29H2. The molecule has 3 aliphatic heterocycles. The largest absolute Gasteiger partial charge is 0.377 e. The zero-order chi connectivity index (χ0) is 38.5. The third-order valence-electron chi connectivity index (χ3n) is 9.07. The highest BCUT2D eigenvalue weighted by Crippen LogP contribution is 2.32. The molecule has 0 spiro atoms. The van der Waals surface area contributed by atoms with Gasteiger partial charge in [-0.05, 0) is 18.6 Å². The Hall–Kier alpha value is -4.02. The molecule has 2 aromatic rings. The van der Waals surface area contributed by atoms with E-state index in [1.807, 2.05) is 9.80 Å². The van der Waals surface area contributed by atoms with E-state index in [9.17, 15) is 20.2 Å². The zero-order valence-corrected chi connectivity index (χ0v) is 31.5. The minimum Gasteiger partial charge on any atom is -0.377 e. The van der Waals surface area contributed by atoms with E-state index in [1.165, 1.54) is 12.1 Å². The molecule has 0 bridgehead atoms. The van der Waals surface area contributed by atoms with Crippen molar-refractivity contribution in [2.75, 3.05) is 178 Å². The number of aromatic nitrogens is 2. The third kappa shape index (κ3) is 13.9. The van der Waals surface area contributed by atoms with Crippen molar-refractivity contribution in [1.82, 2.24) is 9.97 Å². The second-order valence-corrected chi connectivity index (χ2v) is 12.7. The average molecular weight is 779 g/mol. The van der Waals surface area contributed by atoms with Crippen molar-refractivity contribution in [3.63, 3.8) is 0 Å². The van der Waals surface area contributed by atoms with E-state index in [1.54, 1.807) is 12.1 Å². The smallest absolute Gasteiger partial charge is 0.311 e. The summed E-state index contributed by atoms with van der Waals surface area (Å²) in [5, 5.41) is 24.4. The lowest BCUT2D eigenvalue weighted by atomic mass is 10.3. The third-order valence-corrected chi connectivity index (χ3v) is 9.07. The van der Waals surface area contributed by atoms with Gasteiger partial charge >= 0.3 is 11.4 Å². The number of ether oxygens (including phenoxy) is 8. The second kappa shape index (κ2) is 23.8. The second-order valence-electron chi connectivity index (χ2n) is 12.7. The molecule has 55 heavy (non-hydrogen) atoms. The molecule has 0 aromatic carbocycles. The first kappa shape index (κ1) is 42.1. The summed E-state index contributed by atoms with van der Waals surface area (Å²) in [7, 11) is 0. The van der Waals surface area contributed by atoms with Crippen molar-refractivity contribution in [3.8, 4) is 0 Å². The number of nitrogens with zero attached hydrogens (tertiary/aromatic N) is 8. The van der Waals surface area contributed by atoms with Gasteiger partial charge in [0, 0.05) is 64.5 Å². The van der Waals surface area contributed by atoms with Gasteiger partial charge in [0.1, 0.15) is 11.6 Å². The van der Waals surface area contributed by atoms with E-state index < -0.39 is 9.85 Å². The summed E-state index contributed by atoms with van der Waals surface area (Å²) in [6.45, 7) is 10.3. The van der Waals surface area contributed by atoms with Crippen LogP contribution in [0.2, 0.25) is 0 Å². The summed E-state index contributed by atoms with van der Waals surface area (Å²) in [4.78, 5) is 41.1. The van der Waals surface area contributed by atoms with Crippen LogP contribution in [0.5, 0.6) is 0 Å². The van der Waals surface area contributed by atoms with Crippen molar-refractivity contribution >= 4 is 34.6 Å². The first-order chi connectivity index (χ1) is 27.0. The Balaban J connectivity index is 1.30. The van der Waals surface area contributed by atoms with Crippen LogP contribution in [0.3, 0.4) is 0 Å². The molecule has 20 heteroatoms. The van der Waals surface area contributed by atoms with Crippen LogP contribution in [0, 0.1) is 20.2 Å². The molecule has 5 heterocycles. The Labute approximate surface area is 320 Å². The molecule has 0 radical (unpaired) electrons. The van der Waals surface area contributed by atoms with E-state index >= 15 is 0 Å². The number of hydrogen-bond donors (Lipinski definition) is 0. The predicted molar refractivity (Wildman–Crippen MR) is 202 cm³/mol. The highest BCUT2D eigenvalue weighted by atomic mass is 16.6.